The zero-order valence-corrected chi connectivity index (χ0v) is 12.4. The van der Waals surface area contributed by atoms with E-state index in [1.807, 2.05) is 6.92 Å². The SMILES string of the molecule is CCCNC(=O)CCNC(=O)NCC(C)(CC)C(=O)O. The number of rotatable bonds is 9. The molecule has 1 atom stereocenters. The van der Waals surface area contributed by atoms with Gasteiger partial charge in [-0.2, -0.15) is 0 Å². The van der Waals surface area contributed by atoms with Crippen molar-refractivity contribution < 1.29 is 19.5 Å². The number of carbonyl (C=O) groups is 3. The molecule has 7 heteroatoms. The normalized spacial score (nSPS) is 13.2. The molecule has 0 aromatic rings. The van der Waals surface area contributed by atoms with Crippen LogP contribution in [0.1, 0.15) is 40.0 Å². The predicted molar refractivity (Wildman–Crippen MR) is 75.4 cm³/mol. The molecule has 0 spiro atoms. The summed E-state index contributed by atoms with van der Waals surface area (Å²) in [5, 5.41) is 16.8. The third kappa shape index (κ3) is 6.96. The lowest BCUT2D eigenvalue weighted by Crippen LogP contribution is -2.45. The molecule has 0 aliphatic rings. The van der Waals surface area contributed by atoms with Gasteiger partial charge in [0.25, 0.3) is 0 Å². The van der Waals surface area contributed by atoms with Crippen molar-refractivity contribution in [1.82, 2.24) is 16.0 Å². The van der Waals surface area contributed by atoms with E-state index in [0.717, 1.165) is 6.42 Å². The average Bonchev–Trinajstić information content (AvgIpc) is 2.42. The minimum Gasteiger partial charge on any atom is -0.481 e. The molecule has 0 aliphatic heterocycles. The van der Waals surface area contributed by atoms with Crippen molar-refractivity contribution in [2.75, 3.05) is 19.6 Å². The number of amides is 3. The predicted octanol–water partition coefficient (Wildman–Crippen LogP) is 0.703. The van der Waals surface area contributed by atoms with Crippen molar-refractivity contribution in [3.8, 4) is 0 Å². The van der Waals surface area contributed by atoms with E-state index in [0.29, 0.717) is 13.0 Å². The molecule has 3 amide bonds. The molecule has 0 heterocycles. The Morgan fingerprint density at radius 2 is 1.70 bits per heavy atom. The first kappa shape index (κ1) is 18.2. The summed E-state index contributed by atoms with van der Waals surface area (Å²) < 4.78 is 0. The molecule has 0 bridgehead atoms. The molecular formula is C13H25N3O4. The van der Waals surface area contributed by atoms with Gasteiger partial charge in [0.1, 0.15) is 0 Å². The zero-order valence-electron chi connectivity index (χ0n) is 12.4. The van der Waals surface area contributed by atoms with Crippen molar-refractivity contribution in [3.05, 3.63) is 0 Å². The molecule has 1 unspecified atom stereocenters. The Morgan fingerprint density at radius 3 is 2.20 bits per heavy atom. The molecule has 20 heavy (non-hydrogen) atoms. The lowest BCUT2D eigenvalue weighted by atomic mass is 9.88. The van der Waals surface area contributed by atoms with Crippen LogP contribution in [0.15, 0.2) is 0 Å². The first-order valence-electron chi connectivity index (χ1n) is 6.87. The van der Waals surface area contributed by atoms with E-state index in [-0.39, 0.29) is 25.4 Å². The molecule has 0 saturated carbocycles. The molecular weight excluding hydrogens is 262 g/mol. The van der Waals surface area contributed by atoms with E-state index >= 15 is 0 Å². The fraction of sp³-hybridized carbons (Fsp3) is 0.769. The van der Waals surface area contributed by atoms with Gasteiger partial charge in [-0.05, 0) is 19.8 Å². The Balaban J connectivity index is 3.90. The third-order valence-electron chi connectivity index (χ3n) is 3.15. The Morgan fingerprint density at radius 1 is 1.05 bits per heavy atom. The molecule has 4 N–H and O–H groups in total. The smallest absolute Gasteiger partial charge is 0.314 e. The summed E-state index contributed by atoms with van der Waals surface area (Å²) in [6, 6.07) is -0.464. The van der Waals surface area contributed by atoms with E-state index < -0.39 is 17.4 Å². The highest BCUT2D eigenvalue weighted by molar-refractivity contribution is 5.79. The van der Waals surface area contributed by atoms with E-state index in [2.05, 4.69) is 16.0 Å². The zero-order chi connectivity index (χ0) is 15.6. The fourth-order valence-electron chi connectivity index (χ4n) is 1.33. The van der Waals surface area contributed by atoms with Crippen LogP contribution in [0.3, 0.4) is 0 Å². The largest absolute Gasteiger partial charge is 0.481 e. The fourth-order valence-corrected chi connectivity index (χ4v) is 1.33. The first-order chi connectivity index (χ1) is 9.35. The lowest BCUT2D eigenvalue weighted by Gasteiger charge is -2.23. The molecule has 0 aliphatic carbocycles. The van der Waals surface area contributed by atoms with E-state index in [1.54, 1.807) is 13.8 Å². The maximum Gasteiger partial charge on any atom is 0.314 e. The Labute approximate surface area is 119 Å². The second kappa shape index (κ2) is 9.17. The van der Waals surface area contributed by atoms with Gasteiger partial charge in [0.15, 0.2) is 0 Å². The highest BCUT2D eigenvalue weighted by atomic mass is 16.4. The van der Waals surface area contributed by atoms with Crippen molar-refractivity contribution in [1.29, 1.82) is 0 Å². The number of carbonyl (C=O) groups excluding carboxylic acids is 2. The molecule has 0 aromatic carbocycles. The van der Waals surface area contributed by atoms with Crippen molar-refractivity contribution in [2.45, 2.75) is 40.0 Å². The molecule has 116 valence electrons. The number of urea groups is 1. The topological polar surface area (TPSA) is 108 Å². The van der Waals surface area contributed by atoms with E-state index in [9.17, 15) is 14.4 Å². The second-order valence-corrected chi connectivity index (χ2v) is 4.93. The van der Waals surface area contributed by atoms with Crippen LogP contribution in [0.5, 0.6) is 0 Å². The van der Waals surface area contributed by atoms with Crippen LogP contribution >= 0.6 is 0 Å². The van der Waals surface area contributed by atoms with Crippen molar-refractivity contribution in [3.63, 3.8) is 0 Å². The minimum atomic E-state index is -0.976. The Kier molecular flexibility index (Phi) is 8.35. The maximum absolute atomic E-state index is 11.5. The van der Waals surface area contributed by atoms with Crippen LogP contribution in [0.25, 0.3) is 0 Å². The minimum absolute atomic E-state index is 0.0483. The molecule has 0 fully saturated rings. The number of nitrogens with one attached hydrogen (secondary N) is 3. The lowest BCUT2D eigenvalue weighted by molar-refractivity contribution is -0.147. The van der Waals surface area contributed by atoms with Crippen LogP contribution < -0.4 is 16.0 Å². The average molecular weight is 287 g/mol. The number of hydrogen-bond donors (Lipinski definition) is 4. The second-order valence-electron chi connectivity index (χ2n) is 4.93. The van der Waals surface area contributed by atoms with Gasteiger partial charge >= 0.3 is 12.0 Å². The summed E-state index contributed by atoms with van der Waals surface area (Å²) in [5.74, 6) is -1.06. The van der Waals surface area contributed by atoms with Crippen molar-refractivity contribution in [2.24, 2.45) is 5.41 Å². The molecule has 0 rings (SSSR count). The first-order valence-corrected chi connectivity index (χ1v) is 6.87. The van der Waals surface area contributed by atoms with Gasteiger partial charge in [-0.3, -0.25) is 9.59 Å². The summed E-state index contributed by atoms with van der Waals surface area (Å²) in [7, 11) is 0. The standard InChI is InChI=1S/C13H25N3O4/c1-4-7-14-10(17)6-8-15-12(20)16-9-13(3,5-2)11(18)19/h4-9H2,1-3H3,(H,14,17)(H,18,19)(H2,15,16,20). The quantitative estimate of drug-likeness (QED) is 0.500. The summed E-state index contributed by atoms with van der Waals surface area (Å²) in [5.41, 5.74) is -0.976. The summed E-state index contributed by atoms with van der Waals surface area (Å²) in [6.45, 7) is 6.18. The van der Waals surface area contributed by atoms with Gasteiger partial charge in [0.2, 0.25) is 5.91 Å². The Bertz CT molecular complexity index is 347. The summed E-state index contributed by atoms with van der Waals surface area (Å²) >= 11 is 0. The van der Waals surface area contributed by atoms with Gasteiger partial charge < -0.3 is 21.1 Å². The number of carboxylic acids is 1. The van der Waals surface area contributed by atoms with Crippen LogP contribution in [0, 0.1) is 5.41 Å². The van der Waals surface area contributed by atoms with Gasteiger partial charge in [0, 0.05) is 26.1 Å². The van der Waals surface area contributed by atoms with Crippen LogP contribution in [-0.2, 0) is 9.59 Å². The van der Waals surface area contributed by atoms with Gasteiger partial charge in [-0.1, -0.05) is 13.8 Å². The van der Waals surface area contributed by atoms with Gasteiger partial charge in [0.05, 0.1) is 5.41 Å². The third-order valence-corrected chi connectivity index (χ3v) is 3.15. The van der Waals surface area contributed by atoms with Crippen molar-refractivity contribution >= 4 is 17.9 Å². The van der Waals surface area contributed by atoms with Crippen LogP contribution in [-0.4, -0.2) is 42.6 Å². The summed E-state index contributed by atoms with van der Waals surface area (Å²) in [6.07, 6.45) is 1.49. The van der Waals surface area contributed by atoms with Gasteiger partial charge in [-0.25, -0.2) is 4.79 Å². The highest BCUT2D eigenvalue weighted by Gasteiger charge is 2.31. The van der Waals surface area contributed by atoms with Gasteiger partial charge in [-0.15, -0.1) is 0 Å². The highest BCUT2D eigenvalue weighted by Crippen LogP contribution is 2.19. The van der Waals surface area contributed by atoms with E-state index in [1.165, 1.54) is 0 Å². The number of carboxylic acid groups (broad SMARTS) is 1. The van der Waals surface area contributed by atoms with E-state index in [4.69, 9.17) is 5.11 Å². The number of aliphatic carboxylic acids is 1. The maximum atomic E-state index is 11.5. The monoisotopic (exact) mass is 287 g/mol. The summed E-state index contributed by atoms with van der Waals surface area (Å²) in [4.78, 5) is 33.8. The van der Waals surface area contributed by atoms with Crippen LogP contribution in [0.4, 0.5) is 4.79 Å². The molecule has 0 saturated heterocycles. The molecule has 7 nitrogen and oxygen atoms in total. The Hall–Kier alpha value is -1.79. The number of hydrogen-bond acceptors (Lipinski definition) is 3. The van der Waals surface area contributed by atoms with Crippen LogP contribution in [0.2, 0.25) is 0 Å². The molecule has 0 aromatic heterocycles. The molecule has 0 radical (unpaired) electrons.